The monoisotopic (exact) mass is 462 g/mol. The molecule has 4 rings (SSSR count). The van der Waals surface area contributed by atoms with Crippen LogP contribution in [0.3, 0.4) is 0 Å². The number of carbonyl (C=O) groups excluding carboxylic acids is 1. The topological polar surface area (TPSA) is 59.4 Å². The van der Waals surface area contributed by atoms with E-state index < -0.39 is 5.82 Å². The van der Waals surface area contributed by atoms with Gasteiger partial charge >= 0.3 is 6.03 Å². The number of rotatable bonds is 8. The number of urea groups is 1. The molecule has 7 heteroatoms. The summed E-state index contributed by atoms with van der Waals surface area (Å²) in [6.07, 6.45) is 6.15. The second kappa shape index (κ2) is 9.71. The summed E-state index contributed by atoms with van der Waals surface area (Å²) in [7, 11) is 1.79. The number of hydrogen-bond acceptors (Lipinski definition) is 3. The quantitative estimate of drug-likeness (QED) is 0.423. The van der Waals surface area contributed by atoms with Crippen molar-refractivity contribution in [1.82, 2.24) is 14.7 Å². The lowest BCUT2D eigenvalue weighted by Crippen LogP contribution is -2.31. The van der Waals surface area contributed by atoms with Crippen LogP contribution in [0.5, 0.6) is 5.75 Å². The fraction of sp³-hybridized carbons (Fsp3) is 0.333. The summed E-state index contributed by atoms with van der Waals surface area (Å²) in [5.41, 5.74) is 5.76. The summed E-state index contributed by atoms with van der Waals surface area (Å²) in [5, 5.41) is 6.95. The summed E-state index contributed by atoms with van der Waals surface area (Å²) in [6.45, 7) is 9.32. The van der Waals surface area contributed by atoms with Gasteiger partial charge in [-0.3, -0.25) is 9.58 Å². The Morgan fingerprint density at radius 3 is 2.65 bits per heavy atom. The molecule has 0 bridgehead atoms. The number of nitrogens with one attached hydrogen (secondary N) is 1. The highest BCUT2D eigenvalue weighted by Crippen LogP contribution is 2.33. The zero-order valence-corrected chi connectivity index (χ0v) is 20.4. The van der Waals surface area contributed by atoms with Gasteiger partial charge < -0.3 is 10.1 Å². The molecular weight excluding hydrogens is 431 g/mol. The van der Waals surface area contributed by atoms with Gasteiger partial charge in [-0.05, 0) is 66.8 Å². The van der Waals surface area contributed by atoms with Gasteiger partial charge in [-0.15, -0.1) is 0 Å². The first-order chi connectivity index (χ1) is 16.3. The van der Waals surface area contributed by atoms with Crippen molar-refractivity contribution in [1.29, 1.82) is 0 Å². The smallest absolute Gasteiger partial charge is 0.326 e. The molecule has 0 fully saturated rings. The van der Waals surface area contributed by atoms with Crippen LogP contribution in [0.2, 0.25) is 0 Å². The molecule has 34 heavy (non-hydrogen) atoms. The third kappa shape index (κ3) is 5.14. The number of amides is 2. The number of hydrogen-bond donors (Lipinski definition) is 1. The van der Waals surface area contributed by atoms with E-state index in [1.165, 1.54) is 6.07 Å². The lowest BCUT2D eigenvalue weighted by molar-refractivity contribution is 0.224. The Labute approximate surface area is 200 Å². The van der Waals surface area contributed by atoms with Crippen molar-refractivity contribution in [3.8, 4) is 16.9 Å². The summed E-state index contributed by atoms with van der Waals surface area (Å²) in [4.78, 5) is 14.9. The van der Waals surface area contributed by atoms with Crippen LogP contribution in [0, 0.1) is 12.7 Å². The summed E-state index contributed by atoms with van der Waals surface area (Å²) in [5.74, 6) is 0.779. The van der Waals surface area contributed by atoms with Crippen LogP contribution in [0.15, 0.2) is 54.5 Å². The van der Waals surface area contributed by atoms with E-state index in [1.807, 2.05) is 19.9 Å². The fourth-order valence-corrected chi connectivity index (χ4v) is 3.97. The Balaban J connectivity index is 1.54. The molecule has 3 aromatic rings. The molecule has 178 valence electrons. The standard InChI is InChI=1S/C27H31FN4O2/c1-6-34-26-11-18(4)19(12-24(26)17(2)3)16-32(22-8-9-22)27(33)30-21-7-10-23(25(28)13-21)20-14-29-31(5)15-20/h7-8,10-15,17H,6,9,16H2,1-5H3,(H,30,33). The Morgan fingerprint density at radius 1 is 1.29 bits per heavy atom. The Morgan fingerprint density at radius 2 is 2.06 bits per heavy atom. The molecule has 2 amide bonds. The van der Waals surface area contributed by atoms with Gasteiger partial charge in [-0.2, -0.15) is 5.10 Å². The van der Waals surface area contributed by atoms with E-state index in [9.17, 15) is 9.18 Å². The number of aryl methyl sites for hydroxylation is 2. The molecule has 0 atom stereocenters. The zero-order valence-electron chi connectivity index (χ0n) is 20.4. The third-order valence-electron chi connectivity index (χ3n) is 5.93. The minimum absolute atomic E-state index is 0.281. The van der Waals surface area contributed by atoms with Crippen LogP contribution in [0.1, 0.15) is 49.8 Å². The van der Waals surface area contributed by atoms with Gasteiger partial charge in [0.2, 0.25) is 0 Å². The van der Waals surface area contributed by atoms with Gasteiger partial charge in [0, 0.05) is 42.2 Å². The van der Waals surface area contributed by atoms with E-state index in [-0.39, 0.29) is 6.03 Å². The summed E-state index contributed by atoms with van der Waals surface area (Å²) in [6, 6.07) is 8.63. The molecule has 1 aliphatic carbocycles. The number of allylic oxidation sites excluding steroid dienone is 2. The number of halogens is 1. The highest BCUT2D eigenvalue weighted by molar-refractivity contribution is 5.91. The van der Waals surface area contributed by atoms with Crippen LogP contribution in [-0.4, -0.2) is 27.3 Å². The summed E-state index contributed by atoms with van der Waals surface area (Å²) >= 11 is 0. The number of benzene rings is 2. The van der Waals surface area contributed by atoms with Crippen molar-refractivity contribution in [2.24, 2.45) is 7.05 Å². The first kappa shape index (κ1) is 23.5. The maximum absolute atomic E-state index is 14.8. The SMILES string of the molecule is CCOc1cc(C)c(CN(C(=O)Nc2ccc(-c3cnn(C)c3)c(F)c2)C2=CC2)cc1C(C)C. The van der Waals surface area contributed by atoms with Crippen LogP contribution in [0.4, 0.5) is 14.9 Å². The second-order valence-corrected chi connectivity index (χ2v) is 8.92. The largest absolute Gasteiger partial charge is 0.494 e. The van der Waals surface area contributed by atoms with Crippen molar-refractivity contribution < 1.29 is 13.9 Å². The maximum Gasteiger partial charge on any atom is 0.326 e. The van der Waals surface area contributed by atoms with Crippen molar-refractivity contribution in [3.63, 3.8) is 0 Å². The minimum Gasteiger partial charge on any atom is -0.494 e. The third-order valence-corrected chi connectivity index (χ3v) is 5.93. The lowest BCUT2D eigenvalue weighted by Gasteiger charge is -2.24. The van der Waals surface area contributed by atoms with Gasteiger partial charge in [0.05, 0.1) is 19.3 Å². The summed E-state index contributed by atoms with van der Waals surface area (Å²) < 4.78 is 22.2. The van der Waals surface area contributed by atoms with Gasteiger partial charge in [-0.1, -0.05) is 19.9 Å². The normalized spacial score (nSPS) is 12.5. The van der Waals surface area contributed by atoms with E-state index in [1.54, 1.807) is 41.2 Å². The van der Waals surface area contributed by atoms with Crippen LogP contribution < -0.4 is 10.1 Å². The molecule has 0 saturated heterocycles. The molecule has 1 aliphatic rings. The molecule has 6 nitrogen and oxygen atoms in total. The number of aromatic nitrogens is 2. The van der Waals surface area contributed by atoms with E-state index >= 15 is 0 Å². The van der Waals surface area contributed by atoms with Crippen LogP contribution in [0.25, 0.3) is 11.1 Å². The Bertz CT molecular complexity index is 1250. The van der Waals surface area contributed by atoms with Crippen molar-refractivity contribution in [2.75, 3.05) is 11.9 Å². The van der Waals surface area contributed by atoms with Crippen molar-refractivity contribution in [3.05, 3.63) is 77.0 Å². The highest BCUT2D eigenvalue weighted by atomic mass is 19.1. The molecule has 1 heterocycles. The molecular formula is C27H31FN4O2. The fourth-order valence-electron chi connectivity index (χ4n) is 3.97. The molecule has 0 saturated carbocycles. The van der Waals surface area contributed by atoms with E-state index in [4.69, 9.17) is 4.74 Å². The molecule has 0 unspecified atom stereocenters. The molecule has 2 aromatic carbocycles. The number of ether oxygens (including phenoxy) is 1. The average molecular weight is 463 g/mol. The average Bonchev–Trinajstić information content (AvgIpc) is 3.53. The first-order valence-electron chi connectivity index (χ1n) is 11.6. The van der Waals surface area contributed by atoms with Gasteiger partial charge in [0.25, 0.3) is 0 Å². The second-order valence-electron chi connectivity index (χ2n) is 8.92. The van der Waals surface area contributed by atoms with Crippen LogP contribution >= 0.6 is 0 Å². The first-order valence-corrected chi connectivity index (χ1v) is 11.6. The predicted molar refractivity (Wildman–Crippen MR) is 132 cm³/mol. The van der Waals surface area contributed by atoms with Gasteiger partial charge in [-0.25, -0.2) is 9.18 Å². The number of anilines is 1. The predicted octanol–water partition coefficient (Wildman–Crippen LogP) is 6.38. The minimum atomic E-state index is -0.410. The molecule has 0 spiro atoms. The maximum atomic E-state index is 14.8. The van der Waals surface area contributed by atoms with Crippen molar-refractivity contribution in [2.45, 2.75) is 46.6 Å². The number of carbonyl (C=O) groups is 1. The molecule has 0 radical (unpaired) electrons. The van der Waals surface area contributed by atoms with E-state index in [0.717, 1.165) is 34.6 Å². The van der Waals surface area contributed by atoms with E-state index in [0.29, 0.717) is 35.9 Å². The number of nitrogens with zero attached hydrogens (tertiary/aromatic N) is 3. The van der Waals surface area contributed by atoms with Gasteiger partial charge in [0.1, 0.15) is 11.6 Å². The van der Waals surface area contributed by atoms with Crippen molar-refractivity contribution >= 4 is 11.7 Å². The molecule has 0 aliphatic heterocycles. The van der Waals surface area contributed by atoms with Crippen LogP contribution in [-0.2, 0) is 13.6 Å². The van der Waals surface area contributed by atoms with Gasteiger partial charge in [0.15, 0.2) is 0 Å². The molecule has 1 N–H and O–H groups in total. The lowest BCUT2D eigenvalue weighted by atomic mass is 9.96. The highest BCUT2D eigenvalue weighted by Gasteiger charge is 2.25. The zero-order chi connectivity index (χ0) is 24.4. The van der Waals surface area contributed by atoms with E-state index in [2.05, 4.69) is 36.4 Å². The Hall–Kier alpha value is -3.61. The Kier molecular flexibility index (Phi) is 6.72. The molecule has 1 aromatic heterocycles.